The Balaban J connectivity index is 2.04. The predicted molar refractivity (Wildman–Crippen MR) is 75.6 cm³/mol. The Kier molecular flexibility index (Phi) is 3.08. The van der Waals surface area contributed by atoms with Gasteiger partial charge in [0.05, 0.1) is 16.8 Å². The molecule has 0 saturated carbocycles. The largest absolute Gasteiger partial charge is 0.293 e. The van der Waals surface area contributed by atoms with Gasteiger partial charge in [0.2, 0.25) is 11.8 Å². The van der Waals surface area contributed by atoms with Crippen molar-refractivity contribution in [3.8, 4) is 0 Å². The van der Waals surface area contributed by atoms with Gasteiger partial charge in [-0.1, -0.05) is 23.8 Å². The quantitative estimate of drug-likeness (QED) is 0.362. The summed E-state index contributed by atoms with van der Waals surface area (Å²) in [5.74, 6) is -1.43. The average molecular weight is 286 g/mol. The Bertz CT molecular complexity index is 680. The van der Waals surface area contributed by atoms with Crippen LogP contribution in [0.3, 0.4) is 0 Å². The highest BCUT2D eigenvalue weighted by Gasteiger charge is 2.49. The number of nitrogens with zero attached hydrogens (tertiary/aromatic N) is 2. The number of hydrogen-bond acceptors (Lipinski definition) is 4. The van der Waals surface area contributed by atoms with E-state index in [2.05, 4.69) is 0 Å². The molecule has 1 aromatic rings. The molecular weight excluding hydrogens is 272 g/mol. The summed E-state index contributed by atoms with van der Waals surface area (Å²) in [6.07, 6.45) is 3.04. The van der Waals surface area contributed by atoms with Crippen LogP contribution in [0.4, 0.5) is 11.4 Å². The second-order valence-corrected chi connectivity index (χ2v) is 5.46. The Morgan fingerprint density at radius 3 is 2.57 bits per heavy atom. The molecule has 0 bridgehead atoms. The van der Waals surface area contributed by atoms with E-state index in [0.717, 1.165) is 10.5 Å². The van der Waals surface area contributed by atoms with E-state index in [1.165, 1.54) is 18.2 Å². The van der Waals surface area contributed by atoms with E-state index in [1.807, 2.05) is 13.0 Å². The molecule has 2 aliphatic rings. The second kappa shape index (κ2) is 4.80. The van der Waals surface area contributed by atoms with Gasteiger partial charge in [0.1, 0.15) is 5.69 Å². The number of fused-ring (bicyclic) bond motifs is 1. The number of para-hydroxylation sites is 2. The molecule has 1 saturated heterocycles. The molecule has 21 heavy (non-hydrogen) atoms. The minimum absolute atomic E-state index is 0.0737. The van der Waals surface area contributed by atoms with Gasteiger partial charge in [-0.2, -0.15) is 0 Å². The molecule has 0 N–H and O–H groups in total. The Morgan fingerprint density at radius 1 is 1.19 bits per heavy atom. The van der Waals surface area contributed by atoms with Crippen molar-refractivity contribution in [2.75, 3.05) is 4.90 Å². The van der Waals surface area contributed by atoms with Crippen molar-refractivity contribution in [3.05, 3.63) is 46.0 Å². The van der Waals surface area contributed by atoms with Gasteiger partial charge in [-0.15, -0.1) is 0 Å². The molecule has 3 rings (SSSR count). The van der Waals surface area contributed by atoms with Gasteiger partial charge in [0.15, 0.2) is 0 Å². The van der Waals surface area contributed by atoms with Crippen molar-refractivity contribution in [2.45, 2.75) is 19.8 Å². The highest BCUT2D eigenvalue weighted by Crippen LogP contribution is 2.41. The average Bonchev–Trinajstić information content (AvgIpc) is 2.70. The first-order valence-corrected chi connectivity index (χ1v) is 6.77. The molecule has 1 aliphatic carbocycles. The van der Waals surface area contributed by atoms with Crippen LogP contribution in [0.1, 0.15) is 19.8 Å². The third-order valence-electron chi connectivity index (χ3n) is 4.14. The number of nitro groups is 1. The Hall–Kier alpha value is -2.50. The Morgan fingerprint density at radius 2 is 1.86 bits per heavy atom. The summed E-state index contributed by atoms with van der Waals surface area (Å²) in [5, 5.41) is 11.1. The first kappa shape index (κ1) is 13.5. The molecule has 1 aliphatic heterocycles. The fourth-order valence-electron chi connectivity index (χ4n) is 3.08. The minimum Gasteiger partial charge on any atom is -0.274 e. The summed E-state index contributed by atoms with van der Waals surface area (Å²) in [4.78, 5) is 36.5. The molecule has 0 aromatic heterocycles. The molecule has 2 amide bonds. The number of nitro benzene ring substituents is 1. The molecule has 6 nitrogen and oxygen atoms in total. The van der Waals surface area contributed by atoms with Crippen molar-refractivity contribution < 1.29 is 14.5 Å². The number of carbonyl (C=O) groups is 2. The first-order chi connectivity index (χ1) is 10.0. The molecule has 6 heteroatoms. The fraction of sp³-hybridized carbons (Fsp3) is 0.333. The maximum atomic E-state index is 12.5. The topological polar surface area (TPSA) is 80.5 Å². The van der Waals surface area contributed by atoms with Crippen LogP contribution in [0.15, 0.2) is 35.9 Å². The lowest BCUT2D eigenvalue weighted by Gasteiger charge is -2.18. The highest BCUT2D eigenvalue weighted by molar-refractivity contribution is 6.23. The fourth-order valence-corrected chi connectivity index (χ4v) is 3.08. The highest BCUT2D eigenvalue weighted by atomic mass is 16.6. The van der Waals surface area contributed by atoms with Gasteiger partial charge < -0.3 is 0 Å². The van der Waals surface area contributed by atoms with Gasteiger partial charge in [-0.3, -0.25) is 19.7 Å². The van der Waals surface area contributed by atoms with Gasteiger partial charge >= 0.3 is 0 Å². The van der Waals surface area contributed by atoms with Crippen LogP contribution in [0.25, 0.3) is 0 Å². The van der Waals surface area contributed by atoms with Crippen LogP contribution in [0.5, 0.6) is 0 Å². The summed E-state index contributed by atoms with van der Waals surface area (Å²) in [5.41, 5.74) is 0.939. The monoisotopic (exact) mass is 286 g/mol. The zero-order chi connectivity index (χ0) is 15.1. The molecule has 1 aromatic carbocycles. The number of amides is 2. The second-order valence-electron chi connectivity index (χ2n) is 5.46. The zero-order valence-corrected chi connectivity index (χ0v) is 11.5. The van der Waals surface area contributed by atoms with E-state index in [0.29, 0.717) is 12.8 Å². The lowest BCUT2D eigenvalue weighted by molar-refractivity contribution is -0.384. The van der Waals surface area contributed by atoms with E-state index in [4.69, 9.17) is 0 Å². The summed E-state index contributed by atoms with van der Waals surface area (Å²) in [7, 11) is 0. The molecule has 108 valence electrons. The van der Waals surface area contributed by atoms with Crippen molar-refractivity contribution >= 4 is 23.2 Å². The van der Waals surface area contributed by atoms with E-state index in [1.54, 1.807) is 6.07 Å². The van der Waals surface area contributed by atoms with Crippen molar-refractivity contribution in [2.24, 2.45) is 11.8 Å². The molecule has 1 heterocycles. The number of rotatable bonds is 2. The maximum absolute atomic E-state index is 12.5. The molecular formula is C15H14N2O4. The van der Waals surface area contributed by atoms with Crippen LogP contribution in [0.2, 0.25) is 0 Å². The van der Waals surface area contributed by atoms with Crippen LogP contribution >= 0.6 is 0 Å². The van der Waals surface area contributed by atoms with Gasteiger partial charge in [0, 0.05) is 6.07 Å². The third-order valence-corrected chi connectivity index (χ3v) is 4.14. The van der Waals surface area contributed by atoms with Crippen LogP contribution in [-0.4, -0.2) is 16.7 Å². The molecule has 0 spiro atoms. The lowest BCUT2D eigenvalue weighted by Crippen LogP contribution is -2.31. The molecule has 1 fully saturated rings. The predicted octanol–water partition coefficient (Wildman–Crippen LogP) is 2.44. The summed E-state index contributed by atoms with van der Waals surface area (Å²) in [6.45, 7) is 1.93. The number of anilines is 1. The van der Waals surface area contributed by atoms with Gasteiger partial charge in [-0.25, -0.2) is 4.90 Å². The standard InChI is InChI=1S/C15H14N2O4/c1-9-6-7-10-11(8-9)15(19)16(14(10)18)12-4-2-3-5-13(12)17(20)21/h2-6,10-11H,7-8H2,1H3/t10-,11+/m0/s1. The molecule has 0 radical (unpaired) electrons. The molecule has 2 atom stereocenters. The summed E-state index contributed by atoms with van der Waals surface area (Å²) >= 11 is 0. The van der Waals surface area contributed by atoms with Crippen molar-refractivity contribution in [3.63, 3.8) is 0 Å². The maximum Gasteiger partial charge on any atom is 0.293 e. The number of benzene rings is 1. The number of carbonyl (C=O) groups excluding carboxylic acids is 2. The van der Waals surface area contributed by atoms with Crippen molar-refractivity contribution in [1.29, 1.82) is 0 Å². The lowest BCUT2D eigenvalue weighted by atomic mass is 9.82. The number of hydrogen-bond donors (Lipinski definition) is 0. The van der Waals surface area contributed by atoms with Crippen LogP contribution in [0, 0.1) is 22.0 Å². The summed E-state index contributed by atoms with van der Waals surface area (Å²) in [6, 6.07) is 5.87. The smallest absolute Gasteiger partial charge is 0.274 e. The van der Waals surface area contributed by atoms with Crippen LogP contribution in [-0.2, 0) is 9.59 Å². The summed E-state index contributed by atoms with van der Waals surface area (Å²) < 4.78 is 0. The normalized spacial score (nSPS) is 24.8. The number of imide groups is 1. The van der Waals surface area contributed by atoms with Crippen molar-refractivity contribution in [1.82, 2.24) is 0 Å². The van der Waals surface area contributed by atoms with E-state index in [9.17, 15) is 19.7 Å². The zero-order valence-electron chi connectivity index (χ0n) is 11.5. The SMILES string of the molecule is CC1=CC[C@@H]2C(=O)N(c3ccccc3[N+](=O)[O-])C(=O)[C@@H]2C1. The molecule has 0 unspecified atom stereocenters. The minimum atomic E-state index is -0.568. The third kappa shape index (κ3) is 2.03. The van der Waals surface area contributed by atoms with Gasteiger partial charge in [-0.05, 0) is 25.8 Å². The van der Waals surface area contributed by atoms with Gasteiger partial charge in [0.25, 0.3) is 5.69 Å². The first-order valence-electron chi connectivity index (χ1n) is 6.77. The van der Waals surface area contributed by atoms with E-state index < -0.39 is 4.92 Å². The van der Waals surface area contributed by atoms with Crippen LogP contribution < -0.4 is 4.90 Å². The number of allylic oxidation sites excluding steroid dienone is 2. The van der Waals surface area contributed by atoms with E-state index >= 15 is 0 Å². The Labute approximate surface area is 121 Å². The van der Waals surface area contributed by atoms with E-state index in [-0.39, 0.29) is 35.0 Å².